The van der Waals surface area contributed by atoms with Crippen molar-refractivity contribution >= 4 is 21.8 Å². The summed E-state index contributed by atoms with van der Waals surface area (Å²) in [5.41, 5.74) is 0.888. The van der Waals surface area contributed by atoms with Crippen LogP contribution in [0.3, 0.4) is 0 Å². The van der Waals surface area contributed by atoms with Gasteiger partial charge in [-0.25, -0.2) is 4.39 Å². The Morgan fingerprint density at radius 2 is 2.00 bits per heavy atom. The molecule has 0 aromatic heterocycles. The number of hydrogen-bond donors (Lipinski definition) is 1. The van der Waals surface area contributed by atoms with Crippen LogP contribution < -0.4 is 0 Å². The Hall–Kier alpha value is -1.88. The van der Waals surface area contributed by atoms with Crippen molar-refractivity contribution in [3.63, 3.8) is 0 Å². The second-order valence-electron chi connectivity index (χ2n) is 4.41. The second-order valence-corrected chi connectivity index (χ2v) is 5.27. The zero-order valence-corrected chi connectivity index (χ0v) is 12.4. The molecule has 2 aromatic carbocycles. The lowest BCUT2D eigenvalue weighted by atomic mass is 10.1. The Morgan fingerprint density at radius 1 is 1.30 bits per heavy atom. The summed E-state index contributed by atoms with van der Waals surface area (Å²) in [6.45, 7) is 0.245. The molecule has 0 saturated heterocycles. The highest BCUT2D eigenvalue weighted by atomic mass is 79.9. The van der Waals surface area contributed by atoms with Crippen molar-refractivity contribution < 1.29 is 14.3 Å². The van der Waals surface area contributed by atoms with Crippen LogP contribution in [-0.2, 0) is 6.54 Å². The van der Waals surface area contributed by atoms with Crippen molar-refractivity contribution in [2.45, 2.75) is 6.54 Å². The molecule has 0 aliphatic carbocycles. The fourth-order valence-electron chi connectivity index (χ4n) is 1.84. The number of phenols is 1. The van der Waals surface area contributed by atoms with Gasteiger partial charge in [-0.05, 0) is 40.2 Å². The smallest absolute Gasteiger partial charge is 0.255 e. The van der Waals surface area contributed by atoms with Gasteiger partial charge >= 0.3 is 0 Å². The summed E-state index contributed by atoms with van der Waals surface area (Å²) in [6, 6.07) is 10.8. The molecule has 0 aliphatic heterocycles. The monoisotopic (exact) mass is 337 g/mol. The minimum atomic E-state index is -0.465. The van der Waals surface area contributed by atoms with E-state index in [9.17, 15) is 14.3 Å². The molecule has 5 heteroatoms. The molecule has 2 aromatic rings. The van der Waals surface area contributed by atoms with E-state index in [2.05, 4.69) is 15.9 Å². The van der Waals surface area contributed by atoms with Crippen molar-refractivity contribution in [2.24, 2.45) is 0 Å². The number of para-hydroxylation sites is 1. The van der Waals surface area contributed by atoms with Gasteiger partial charge in [0, 0.05) is 23.6 Å². The van der Waals surface area contributed by atoms with Crippen LogP contribution in [0.1, 0.15) is 15.9 Å². The largest absolute Gasteiger partial charge is 0.508 e. The predicted molar refractivity (Wildman–Crippen MR) is 78.0 cm³/mol. The fourth-order valence-corrected chi connectivity index (χ4v) is 2.26. The summed E-state index contributed by atoms with van der Waals surface area (Å²) in [5, 5.41) is 9.70. The number of carbonyl (C=O) groups is 1. The number of benzene rings is 2. The minimum Gasteiger partial charge on any atom is -0.508 e. The highest BCUT2D eigenvalue weighted by Gasteiger charge is 2.16. The van der Waals surface area contributed by atoms with Gasteiger partial charge in [0.2, 0.25) is 0 Å². The standard InChI is InChI=1S/C15H13BrFNO2/c1-18(9-10-4-2-3-5-14(10)19)15(20)12-8-11(17)6-7-13(12)16/h2-8,19H,9H2,1H3. The molecule has 0 atom stereocenters. The molecule has 0 saturated carbocycles. The first-order valence-corrected chi connectivity index (χ1v) is 6.75. The number of carbonyl (C=O) groups excluding carboxylic acids is 1. The molecule has 0 spiro atoms. The van der Waals surface area contributed by atoms with E-state index in [1.165, 1.54) is 23.1 Å². The Bertz CT molecular complexity index is 646. The third kappa shape index (κ3) is 3.17. The predicted octanol–water partition coefficient (Wildman–Crippen LogP) is 3.57. The molecular formula is C15H13BrFNO2. The quantitative estimate of drug-likeness (QED) is 0.930. The van der Waals surface area contributed by atoms with Gasteiger partial charge in [0.15, 0.2) is 0 Å². The van der Waals surface area contributed by atoms with E-state index < -0.39 is 5.82 Å². The van der Waals surface area contributed by atoms with E-state index in [-0.39, 0.29) is 23.8 Å². The minimum absolute atomic E-state index is 0.130. The van der Waals surface area contributed by atoms with Gasteiger partial charge < -0.3 is 10.0 Å². The van der Waals surface area contributed by atoms with Crippen LogP contribution in [0.2, 0.25) is 0 Å². The maximum absolute atomic E-state index is 13.2. The zero-order valence-electron chi connectivity index (χ0n) is 10.8. The van der Waals surface area contributed by atoms with Crippen molar-refractivity contribution in [3.8, 4) is 5.75 Å². The van der Waals surface area contributed by atoms with Crippen LogP contribution in [0.5, 0.6) is 5.75 Å². The number of hydrogen-bond acceptors (Lipinski definition) is 2. The highest BCUT2D eigenvalue weighted by molar-refractivity contribution is 9.10. The fraction of sp³-hybridized carbons (Fsp3) is 0.133. The van der Waals surface area contributed by atoms with Gasteiger partial charge in [-0.3, -0.25) is 4.79 Å². The van der Waals surface area contributed by atoms with E-state index >= 15 is 0 Å². The van der Waals surface area contributed by atoms with E-state index in [4.69, 9.17) is 0 Å². The summed E-state index contributed by atoms with van der Waals surface area (Å²) in [5.74, 6) is -0.655. The summed E-state index contributed by atoms with van der Waals surface area (Å²) < 4.78 is 13.8. The van der Waals surface area contributed by atoms with Gasteiger partial charge in [-0.15, -0.1) is 0 Å². The Labute approximate surface area is 124 Å². The zero-order chi connectivity index (χ0) is 14.7. The molecule has 1 N–H and O–H groups in total. The van der Waals surface area contributed by atoms with Crippen molar-refractivity contribution in [3.05, 3.63) is 63.9 Å². The van der Waals surface area contributed by atoms with Gasteiger partial charge in [0.25, 0.3) is 5.91 Å². The molecule has 0 radical (unpaired) electrons. The normalized spacial score (nSPS) is 10.3. The summed E-state index contributed by atoms with van der Waals surface area (Å²) in [7, 11) is 1.60. The Kier molecular flexibility index (Phi) is 4.39. The number of phenolic OH excluding ortho intramolecular Hbond substituents is 1. The Balaban J connectivity index is 2.21. The number of rotatable bonds is 3. The first kappa shape index (κ1) is 14.5. The third-order valence-corrected chi connectivity index (χ3v) is 3.60. The maximum Gasteiger partial charge on any atom is 0.255 e. The molecular weight excluding hydrogens is 325 g/mol. The second kappa shape index (κ2) is 6.05. The SMILES string of the molecule is CN(Cc1ccccc1O)C(=O)c1cc(F)ccc1Br. The molecule has 2 rings (SSSR count). The molecule has 0 unspecified atom stereocenters. The third-order valence-electron chi connectivity index (χ3n) is 2.90. The van der Waals surface area contributed by atoms with Crippen LogP contribution in [-0.4, -0.2) is 23.0 Å². The highest BCUT2D eigenvalue weighted by Crippen LogP contribution is 2.22. The molecule has 0 bridgehead atoms. The maximum atomic E-state index is 13.2. The molecule has 20 heavy (non-hydrogen) atoms. The van der Waals surface area contributed by atoms with Crippen molar-refractivity contribution in [2.75, 3.05) is 7.05 Å². The average Bonchev–Trinajstić information content (AvgIpc) is 2.43. The molecule has 3 nitrogen and oxygen atoms in total. The van der Waals surface area contributed by atoms with Crippen LogP contribution in [0.15, 0.2) is 46.9 Å². The lowest BCUT2D eigenvalue weighted by molar-refractivity contribution is 0.0783. The first-order valence-electron chi connectivity index (χ1n) is 5.96. The number of halogens is 2. The van der Waals surface area contributed by atoms with Crippen molar-refractivity contribution in [1.29, 1.82) is 0 Å². The molecule has 0 heterocycles. The van der Waals surface area contributed by atoms with Gasteiger partial charge in [0.1, 0.15) is 11.6 Å². The number of nitrogens with zero attached hydrogens (tertiary/aromatic N) is 1. The topological polar surface area (TPSA) is 40.5 Å². The summed E-state index contributed by atoms with van der Waals surface area (Å²) in [4.78, 5) is 13.7. The number of aromatic hydroxyl groups is 1. The van der Waals surface area contributed by atoms with Crippen LogP contribution >= 0.6 is 15.9 Å². The summed E-state index contributed by atoms with van der Waals surface area (Å²) >= 11 is 3.24. The van der Waals surface area contributed by atoms with E-state index in [0.717, 1.165) is 0 Å². The number of amides is 1. The van der Waals surface area contributed by atoms with Gasteiger partial charge in [-0.2, -0.15) is 0 Å². The molecule has 1 amide bonds. The van der Waals surface area contributed by atoms with E-state index in [1.54, 1.807) is 31.3 Å². The first-order chi connectivity index (χ1) is 9.49. The molecule has 0 aliphatic rings. The lowest BCUT2D eigenvalue weighted by Crippen LogP contribution is -2.26. The van der Waals surface area contributed by atoms with E-state index in [0.29, 0.717) is 10.0 Å². The van der Waals surface area contributed by atoms with Gasteiger partial charge in [0.05, 0.1) is 5.56 Å². The van der Waals surface area contributed by atoms with Gasteiger partial charge in [-0.1, -0.05) is 18.2 Å². The summed E-state index contributed by atoms with van der Waals surface area (Å²) in [6.07, 6.45) is 0. The lowest BCUT2D eigenvalue weighted by Gasteiger charge is -2.18. The molecule has 0 fully saturated rings. The van der Waals surface area contributed by atoms with Crippen LogP contribution in [0, 0.1) is 5.82 Å². The van der Waals surface area contributed by atoms with Crippen molar-refractivity contribution in [1.82, 2.24) is 4.90 Å². The molecule has 104 valence electrons. The van der Waals surface area contributed by atoms with Crippen LogP contribution in [0.4, 0.5) is 4.39 Å². The van der Waals surface area contributed by atoms with E-state index in [1.807, 2.05) is 0 Å². The van der Waals surface area contributed by atoms with Crippen LogP contribution in [0.25, 0.3) is 0 Å². The Morgan fingerprint density at radius 3 is 2.70 bits per heavy atom. The average molecular weight is 338 g/mol.